The lowest BCUT2D eigenvalue weighted by atomic mass is 10.0. The highest BCUT2D eigenvalue weighted by molar-refractivity contribution is 6.00. The summed E-state index contributed by atoms with van der Waals surface area (Å²) in [6.45, 7) is 4.25. The van der Waals surface area contributed by atoms with Crippen molar-refractivity contribution in [2.24, 2.45) is 0 Å². The van der Waals surface area contributed by atoms with Gasteiger partial charge in [-0.3, -0.25) is 9.78 Å². The normalized spacial score (nSPS) is 16.8. The number of benzene rings is 1. The Balaban J connectivity index is 1.21. The number of imidazole rings is 1. The van der Waals surface area contributed by atoms with Crippen LogP contribution >= 0.6 is 0 Å². The molecule has 0 bridgehead atoms. The number of fused-ring (bicyclic) bond motifs is 2. The van der Waals surface area contributed by atoms with Crippen LogP contribution in [-0.4, -0.2) is 79.7 Å². The van der Waals surface area contributed by atoms with E-state index in [1.165, 1.54) is 0 Å². The van der Waals surface area contributed by atoms with Crippen LogP contribution in [0.1, 0.15) is 24.4 Å². The molecular formula is C29H30N8O2. The number of rotatable bonds is 5. The number of carbonyl (C=O) groups is 1. The van der Waals surface area contributed by atoms with Crippen LogP contribution in [0.4, 0.5) is 5.95 Å². The smallest absolute Gasteiger partial charge is 0.228 e. The third-order valence-corrected chi connectivity index (χ3v) is 7.84. The van der Waals surface area contributed by atoms with Crippen LogP contribution in [0.3, 0.4) is 0 Å². The van der Waals surface area contributed by atoms with E-state index in [1.54, 1.807) is 12.4 Å². The Kier molecular flexibility index (Phi) is 6.16. The Morgan fingerprint density at radius 2 is 1.90 bits per heavy atom. The van der Waals surface area contributed by atoms with Crippen molar-refractivity contribution in [3.05, 3.63) is 66.9 Å². The number of nitrogens with zero attached hydrogens (tertiary/aromatic N) is 7. The van der Waals surface area contributed by atoms with Crippen molar-refractivity contribution >= 4 is 33.9 Å². The number of likely N-dealkylation sites (tertiary alicyclic amines) is 1. The first-order chi connectivity index (χ1) is 19.2. The van der Waals surface area contributed by atoms with E-state index in [0.29, 0.717) is 38.7 Å². The number of aromatic amines is 1. The molecule has 10 nitrogen and oxygen atoms in total. The molecule has 1 aromatic carbocycles. The average Bonchev–Trinajstić information content (AvgIpc) is 3.65. The molecule has 2 aliphatic heterocycles. The summed E-state index contributed by atoms with van der Waals surface area (Å²) in [4.78, 5) is 39.5. The Hall–Kier alpha value is -4.31. The van der Waals surface area contributed by atoms with Crippen LogP contribution in [0.5, 0.6) is 0 Å². The number of aromatic nitrogens is 6. The number of anilines is 1. The molecule has 6 heterocycles. The fourth-order valence-corrected chi connectivity index (χ4v) is 5.74. The summed E-state index contributed by atoms with van der Waals surface area (Å²) in [5.74, 6) is 0.856. The van der Waals surface area contributed by atoms with Crippen LogP contribution in [0.2, 0.25) is 0 Å². The molecule has 7 rings (SSSR count). The van der Waals surface area contributed by atoms with E-state index in [4.69, 9.17) is 19.7 Å². The number of H-pyrrole nitrogens is 1. The molecule has 1 N–H and O–H groups in total. The van der Waals surface area contributed by atoms with Crippen molar-refractivity contribution in [2.45, 2.75) is 25.3 Å². The number of nitrogens with one attached hydrogen (secondary N) is 1. The van der Waals surface area contributed by atoms with E-state index < -0.39 is 0 Å². The zero-order valence-corrected chi connectivity index (χ0v) is 21.7. The molecule has 2 saturated heterocycles. The van der Waals surface area contributed by atoms with E-state index >= 15 is 0 Å². The number of amides is 1. The van der Waals surface area contributed by atoms with Gasteiger partial charge < -0.3 is 24.1 Å². The summed E-state index contributed by atoms with van der Waals surface area (Å²) in [5, 5.41) is 1.11. The monoisotopic (exact) mass is 522 g/mol. The molecular weight excluding hydrogens is 492 g/mol. The van der Waals surface area contributed by atoms with Crippen LogP contribution < -0.4 is 4.90 Å². The third kappa shape index (κ3) is 4.50. The number of hydrogen-bond acceptors (Lipinski definition) is 7. The van der Waals surface area contributed by atoms with Gasteiger partial charge in [0, 0.05) is 67.3 Å². The summed E-state index contributed by atoms with van der Waals surface area (Å²) in [6, 6.07) is 12.3. The Bertz CT molecular complexity index is 1610. The quantitative estimate of drug-likeness (QED) is 0.376. The van der Waals surface area contributed by atoms with Gasteiger partial charge >= 0.3 is 0 Å². The van der Waals surface area contributed by atoms with Crippen molar-refractivity contribution in [3.8, 4) is 11.3 Å². The fraction of sp³-hybridized carbons (Fsp3) is 0.345. The second kappa shape index (κ2) is 10.1. The van der Waals surface area contributed by atoms with Crippen LogP contribution in [0, 0.1) is 0 Å². The summed E-state index contributed by atoms with van der Waals surface area (Å²) in [6.07, 6.45) is 9.44. The van der Waals surface area contributed by atoms with Crippen molar-refractivity contribution in [2.75, 3.05) is 44.3 Å². The number of hydrogen-bond donors (Lipinski definition) is 1. The SMILES string of the molecule is O=C(Cc1cccnc1)N1CCC(n2cnc3c(-c4cccc5[nH]ccc45)nc(N4CCOCC4)nc32)CC1. The zero-order valence-electron chi connectivity index (χ0n) is 21.7. The van der Waals surface area contributed by atoms with E-state index in [2.05, 4.69) is 37.6 Å². The molecule has 0 unspecified atom stereocenters. The van der Waals surface area contributed by atoms with E-state index in [0.717, 1.165) is 64.8 Å². The maximum Gasteiger partial charge on any atom is 0.228 e. The van der Waals surface area contributed by atoms with Crippen LogP contribution in [0.15, 0.2) is 61.3 Å². The van der Waals surface area contributed by atoms with Crippen molar-refractivity contribution in [3.63, 3.8) is 0 Å². The Morgan fingerprint density at radius 1 is 1.03 bits per heavy atom. The molecule has 39 heavy (non-hydrogen) atoms. The minimum atomic E-state index is 0.149. The molecule has 0 spiro atoms. The predicted molar refractivity (Wildman–Crippen MR) is 148 cm³/mol. The number of ether oxygens (including phenoxy) is 1. The van der Waals surface area contributed by atoms with Gasteiger partial charge in [0.1, 0.15) is 11.2 Å². The molecule has 0 atom stereocenters. The third-order valence-electron chi connectivity index (χ3n) is 7.84. The van der Waals surface area contributed by atoms with E-state index in [-0.39, 0.29) is 11.9 Å². The number of morpholine rings is 1. The fourth-order valence-electron chi connectivity index (χ4n) is 5.74. The van der Waals surface area contributed by atoms with Crippen molar-refractivity contribution in [1.82, 2.24) is 34.4 Å². The highest BCUT2D eigenvalue weighted by Crippen LogP contribution is 2.35. The predicted octanol–water partition coefficient (Wildman–Crippen LogP) is 3.61. The lowest BCUT2D eigenvalue weighted by Gasteiger charge is -2.33. The van der Waals surface area contributed by atoms with Gasteiger partial charge in [-0.1, -0.05) is 18.2 Å². The standard InChI is InChI=1S/C29H30N8O2/c38-25(17-20-3-2-9-30-18-20)35-11-7-21(8-12-35)37-19-32-27-26(23-4-1-5-24-22(23)6-10-31-24)33-29(34-28(27)37)36-13-15-39-16-14-36/h1-6,9-10,18-19,21,31H,7-8,11-17H2. The average molecular weight is 523 g/mol. The van der Waals surface area contributed by atoms with E-state index in [1.807, 2.05) is 35.6 Å². The number of carbonyl (C=O) groups excluding carboxylic acids is 1. The maximum absolute atomic E-state index is 12.9. The molecule has 4 aromatic heterocycles. The van der Waals surface area contributed by atoms with Gasteiger partial charge in [0.25, 0.3) is 0 Å². The number of pyridine rings is 1. The van der Waals surface area contributed by atoms with Crippen molar-refractivity contribution in [1.29, 1.82) is 0 Å². The molecule has 198 valence electrons. The minimum absolute atomic E-state index is 0.149. The second-order valence-electron chi connectivity index (χ2n) is 10.2. The maximum atomic E-state index is 12.9. The van der Waals surface area contributed by atoms with Crippen LogP contribution in [0.25, 0.3) is 33.3 Å². The Labute approximate surface area is 225 Å². The first-order valence-electron chi connectivity index (χ1n) is 13.5. The summed E-state index contributed by atoms with van der Waals surface area (Å²) >= 11 is 0. The molecule has 2 fully saturated rings. The topological polar surface area (TPSA) is 105 Å². The lowest BCUT2D eigenvalue weighted by molar-refractivity contribution is -0.131. The van der Waals surface area contributed by atoms with E-state index in [9.17, 15) is 4.79 Å². The van der Waals surface area contributed by atoms with Gasteiger partial charge in [-0.05, 0) is 36.6 Å². The largest absolute Gasteiger partial charge is 0.378 e. The first-order valence-corrected chi connectivity index (χ1v) is 13.5. The zero-order chi connectivity index (χ0) is 26.2. The molecule has 10 heteroatoms. The van der Waals surface area contributed by atoms with Crippen LogP contribution in [-0.2, 0) is 16.0 Å². The molecule has 0 radical (unpaired) electrons. The van der Waals surface area contributed by atoms with Gasteiger partial charge in [0.15, 0.2) is 5.65 Å². The van der Waals surface area contributed by atoms with Gasteiger partial charge in [-0.2, -0.15) is 4.98 Å². The molecule has 2 aliphatic rings. The second-order valence-corrected chi connectivity index (χ2v) is 10.2. The number of piperidine rings is 1. The summed E-state index contributed by atoms with van der Waals surface area (Å²) in [7, 11) is 0. The highest BCUT2D eigenvalue weighted by atomic mass is 16.5. The minimum Gasteiger partial charge on any atom is -0.378 e. The molecule has 1 amide bonds. The van der Waals surface area contributed by atoms with Gasteiger partial charge in [0.2, 0.25) is 11.9 Å². The molecule has 0 saturated carbocycles. The first kappa shape index (κ1) is 23.8. The highest BCUT2D eigenvalue weighted by Gasteiger charge is 2.27. The summed E-state index contributed by atoms with van der Waals surface area (Å²) in [5.41, 5.74) is 5.54. The van der Waals surface area contributed by atoms with Gasteiger partial charge in [-0.25, -0.2) is 9.97 Å². The van der Waals surface area contributed by atoms with Gasteiger partial charge in [-0.15, -0.1) is 0 Å². The van der Waals surface area contributed by atoms with Gasteiger partial charge in [0.05, 0.1) is 26.0 Å². The summed E-state index contributed by atoms with van der Waals surface area (Å²) < 4.78 is 7.79. The molecule has 0 aliphatic carbocycles. The van der Waals surface area contributed by atoms with Crippen molar-refractivity contribution < 1.29 is 9.53 Å². The molecule has 5 aromatic rings. The Morgan fingerprint density at radius 3 is 2.72 bits per heavy atom. The lowest BCUT2D eigenvalue weighted by Crippen LogP contribution is -2.40.